The molecule has 0 aliphatic rings. The highest BCUT2D eigenvalue weighted by molar-refractivity contribution is 5.18. The molecule has 0 amide bonds. The summed E-state index contributed by atoms with van der Waals surface area (Å²) in [6.45, 7) is 9.82. The van der Waals surface area contributed by atoms with Crippen molar-refractivity contribution < 1.29 is 8.78 Å². The summed E-state index contributed by atoms with van der Waals surface area (Å²) in [7, 11) is 0. The van der Waals surface area contributed by atoms with Gasteiger partial charge in [-0.05, 0) is 49.3 Å². The van der Waals surface area contributed by atoms with Gasteiger partial charge in [-0.15, -0.1) is 0 Å². The lowest BCUT2D eigenvalue weighted by Crippen LogP contribution is -2.40. The molecule has 1 atom stereocenters. The predicted octanol–water partition coefficient (Wildman–Crippen LogP) is 4.70. The van der Waals surface area contributed by atoms with Crippen molar-refractivity contribution in [2.75, 3.05) is 6.54 Å². The van der Waals surface area contributed by atoms with Gasteiger partial charge in [0.05, 0.1) is 0 Å². The maximum absolute atomic E-state index is 13.6. The van der Waals surface area contributed by atoms with Crippen molar-refractivity contribution in [2.45, 2.75) is 59.4 Å². The molecule has 1 unspecified atom stereocenters. The van der Waals surface area contributed by atoms with E-state index in [-0.39, 0.29) is 5.41 Å². The SMILES string of the molecule is CCCNC(CCCc1ccc(F)cc1F)C(C)(C)C. The van der Waals surface area contributed by atoms with Crippen LogP contribution in [-0.4, -0.2) is 12.6 Å². The Morgan fingerprint density at radius 1 is 1.20 bits per heavy atom. The molecule has 114 valence electrons. The lowest BCUT2D eigenvalue weighted by molar-refractivity contribution is 0.251. The van der Waals surface area contributed by atoms with Gasteiger partial charge in [-0.3, -0.25) is 0 Å². The highest BCUT2D eigenvalue weighted by Gasteiger charge is 2.23. The molecule has 1 rings (SSSR count). The number of benzene rings is 1. The van der Waals surface area contributed by atoms with Gasteiger partial charge >= 0.3 is 0 Å². The summed E-state index contributed by atoms with van der Waals surface area (Å²) >= 11 is 0. The number of aryl methyl sites for hydroxylation is 1. The maximum atomic E-state index is 13.6. The second-order valence-corrected chi connectivity index (χ2v) is 6.50. The summed E-state index contributed by atoms with van der Waals surface area (Å²) in [6, 6.07) is 4.27. The first-order chi connectivity index (χ1) is 9.34. The zero-order valence-electron chi connectivity index (χ0n) is 13.1. The second-order valence-electron chi connectivity index (χ2n) is 6.50. The molecule has 0 spiro atoms. The molecule has 0 fully saturated rings. The van der Waals surface area contributed by atoms with Crippen LogP contribution in [0.3, 0.4) is 0 Å². The summed E-state index contributed by atoms with van der Waals surface area (Å²) in [5, 5.41) is 3.57. The van der Waals surface area contributed by atoms with Crippen molar-refractivity contribution in [1.82, 2.24) is 5.32 Å². The first-order valence-electron chi connectivity index (χ1n) is 7.52. The largest absolute Gasteiger partial charge is 0.313 e. The molecule has 1 aromatic carbocycles. The Kier molecular flexibility index (Phi) is 6.60. The van der Waals surface area contributed by atoms with Crippen LogP contribution in [0.15, 0.2) is 18.2 Å². The molecule has 0 heterocycles. The summed E-state index contributed by atoms with van der Waals surface area (Å²) in [4.78, 5) is 0. The zero-order chi connectivity index (χ0) is 15.2. The minimum Gasteiger partial charge on any atom is -0.313 e. The van der Waals surface area contributed by atoms with Gasteiger partial charge in [0.15, 0.2) is 0 Å². The molecule has 20 heavy (non-hydrogen) atoms. The fourth-order valence-corrected chi connectivity index (χ4v) is 2.38. The first kappa shape index (κ1) is 17.1. The quantitative estimate of drug-likeness (QED) is 0.764. The van der Waals surface area contributed by atoms with Crippen LogP contribution in [0.5, 0.6) is 0 Å². The number of halogens is 2. The third-order valence-corrected chi connectivity index (χ3v) is 3.64. The van der Waals surface area contributed by atoms with Gasteiger partial charge in [0, 0.05) is 12.1 Å². The van der Waals surface area contributed by atoms with E-state index >= 15 is 0 Å². The maximum Gasteiger partial charge on any atom is 0.129 e. The Hall–Kier alpha value is -0.960. The summed E-state index contributed by atoms with van der Waals surface area (Å²) < 4.78 is 26.4. The van der Waals surface area contributed by atoms with Crippen molar-refractivity contribution in [1.29, 1.82) is 0 Å². The third-order valence-electron chi connectivity index (χ3n) is 3.64. The van der Waals surface area contributed by atoms with E-state index < -0.39 is 11.6 Å². The first-order valence-corrected chi connectivity index (χ1v) is 7.52. The number of nitrogens with one attached hydrogen (secondary N) is 1. The Labute approximate surface area is 121 Å². The lowest BCUT2D eigenvalue weighted by Gasteiger charge is -2.32. The Morgan fingerprint density at radius 2 is 1.90 bits per heavy atom. The molecule has 3 heteroatoms. The van der Waals surface area contributed by atoms with Crippen LogP contribution in [0, 0.1) is 17.0 Å². The van der Waals surface area contributed by atoms with Gasteiger partial charge in [0.25, 0.3) is 0 Å². The van der Waals surface area contributed by atoms with E-state index in [0.717, 1.165) is 31.9 Å². The van der Waals surface area contributed by atoms with Gasteiger partial charge in [-0.2, -0.15) is 0 Å². The Morgan fingerprint density at radius 3 is 2.45 bits per heavy atom. The van der Waals surface area contributed by atoms with Crippen molar-refractivity contribution in [3.8, 4) is 0 Å². The smallest absolute Gasteiger partial charge is 0.129 e. The average molecular weight is 283 g/mol. The summed E-state index contributed by atoms with van der Waals surface area (Å²) in [5.41, 5.74) is 0.797. The van der Waals surface area contributed by atoms with E-state index in [9.17, 15) is 8.78 Å². The third kappa shape index (κ3) is 5.58. The van der Waals surface area contributed by atoms with E-state index in [4.69, 9.17) is 0 Å². The van der Waals surface area contributed by atoms with Crippen LogP contribution >= 0.6 is 0 Å². The van der Waals surface area contributed by atoms with Crippen molar-refractivity contribution in [3.63, 3.8) is 0 Å². The van der Waals surface area contributed by atoms with E-state index in [0.29, 0.717) is 18.0 Å². The van der Waals surface area contributed by atoms with Gasteiger partial charge in [-0.1, -0.05) is 33.8 Å². The highest BCUT2D eigenvalue weighted by Crippen LogP contribution is 2.24. The number of hydrogen-bond donors (Lipinski definition) is 1. The van der Waals surface area contributed by atoms with Crippen LogP contribution in [-0.2, 0) is 6.42 Å². The molecule has 0 saturated heterocycles. The van der Waals surface area contributed by atoms with Gasteiger partial charge in [0.1, 0.15) is 11.6 Å². The molecule has 0 aliphatic heterocycles. The van der Waals surface area contributed by atoms with Crippen molar-refractivity contribution in [3.05, 3.63) is 35.4 Å². The van der Waals surface area contributed by atoms with Crippen LogP contribution in [0.1, 0.15) is 52.5 Å². The van der Waals surface area contributed by atoms with Crippen molar-refractivity contribution in [2.24, 2.45) is 5.41 Å². The standard InChI is InChI=1S/C17H27F2N/c1-5-11-20-16(17(2,3)4)8-6-7-13-9-10-14(18)12-15(13)19/h9-10,12,16,20H,5-8,11H2,1-4H3. The van der Waals surface area contributed by atoms with E-state index in [1.807, 2.05) is 0 Å². The topological polar surface area (TPSA) is 12.0 Å². The second kappa shape index (κ2) is 7.72. The van der Waals surface area contributed by atoms with Gasteiger partial charge in [0.2, 0.25) is 0 Å². The van der Waals surface area contributed by atoms with Gasteiger partial charge in [-0.25, -0.2) is 8.78 Å². The van der Waals surface area contributed by atoms with E-state index in [2.05, 4.69) is 33.0 Å². The normalized spacial score (nSPS) is 13.5. The number of hydrogen-bond acceptors (Lipinski definition) is 1. The van der Waals surface area contributed by atoms with Crippen LogP contribution < -0.4 is 5.32 Å². The molecule has 1 nitrogen and oxygen atoms in total. The summed E-state index contributed by atoms with van der Waals surface area (Å²) in [6.07, 6.45) is 3.67. The molecule has 0 aromatic heterocycles. The Bertz CT molecular complexity index is 410. The van der Waals surface area contributed by atoms with Crippen molar-refractivity contribution >= 4 is 0 Å². The van der Waals surface area contributed by atoms with E-state index in [1.54, 1.807) is 6.07 Å². The molecular formula is C17H27F2N. The molecule has 0 aliphatic carbocycles. The summed E-state index contributed by atoms with van der Waals surface area (Å²) in [5.74, 6) is -0.942. The monoisotopic (exact) mass is 283 g/mol. The lowest BCUT2D eigenvalue weighted by atomic mass is 9.83. The molecule has 0 saturated carbocycles. The fraction of sp³-hybridized carbons (Fsp3) is 0.647. The van der Waals surface area contributed by atoms with Crippen LogP contribution in [0.2, 0.25) is 0 Å². The van der Waals surface area contributed by atoms with Crippen LogP contribution in [0.25, 0.3) is 0 Å². The predicted molar refractivity (Wildman–Crippen MR) is 80.8 cm³/mol. The number of rotatable bonds is 7. The van der Waals surface area contributed by atoms with Gasteiger partial charge < -0.3 is 5.32 Å². The molecule has 1 N–H and O–H groups in total. The minimum atomic E-state index is -0.511. The molecule has 0 bridgehead atoms. The average Bonchev–Trinajstić information content (AvgIpc) is 2.34. The molecule has 1 aromatic rings. The molecular weight excluding hydrogens is 256 g/mol. The zero-order valence-corrected chi connectivity index (χ0v) is 13.1. The molecule has 0 radical (unpaired) electrons. The highest BCUT2D eigenvalue weighted by atomic mass is 19.1. The Balaban J connectivity index is 2.51. The van der Waals surface area contributed by atoms with E-state index in [1.165, 1.54) is 6.07 Å². The van der Waals surface area contributed by atoms with Crippen LogP contribution in [0.4, 0.5) is 8.78 Å². The minimum absolute atomic E-state index is 0.191. The fourth-order valence-electron chi connectivity index (χ4n) is 2.38.